The zero-order valence-corrected chi connectivity index (χ0v) is 23.5. The van der Waals surface area contributed by atoms with Crippen molar-refractivity contribution < 1.29 is 33.4 Å². The molecule has 3 aromatic carbocycles. The Morgan fingerprint density at radius 3 is 1.81 bits per heavy atom. The van der Waals surface area contributed by atoms with Gasteiger partial charge in [-0.1, -0.05) is 72.8 Å². The van der Waals surface area contributed by atoms with Crippen molar-refractivity contribution in [1.29, 1.82) is 0 Å². The van der Waals surface area contributed by atoms with Crippen LogP contribution >= 0.6 is 0 Å². The SMILES string of the molecule is C[C@H](CC(=O)N[C@@H](CC(=O)OCc1ccccc1)C(N)=O)NC(=O)c1ccc(C(N)=NC(=O)OCc2ccccc2)cc1. The molecule has 0 heterocycles. The fourth-order valence-electron chi connectivity index (χ4n) is 3.78. The first kappa shape index (κ1) is 32.0. The standard InChI is InChI=1S/C31H33N5O7/c1-20(16-26(37)35-25(29(33)39)17-27(38)42-18-21-8-4-2-5-9-21)34-30(40)24-14-12-23(13-15-24)28(32)36-31(41)43-19-22-10-6-3-7-11-22/h2-15,20,25H,16-19H2,1H3,(H2,33,39)(H,34,40)(H,35,37)(H2,32,36,41)/t20-,25+/m1/s1. The van der Waals surface area contributed by atoms with Gasteiger partial charge in [0.2, 0.25) is 11.8 Å². The third-order valence-corrected chi connectivity index (χ3v) is 6.02. The van der Waals surface area contributed by atoms with Crippen LogP contribution in [-0.4, -0.2) is 47.7 Å². The average Bonchev–Trinajstić information content (AvgIpc) is 2.99. The van der Waals surface area contributed by atoms with Crippen LogP contribution in [0.5, 0.6) is 0 Å². The van der Waals surface area contributed by atoms with Gasteiger partial charge in [0.25, 0.3) is 5.91 Å². The second kappa shape index (κ2) is 16.1. The van der Waals surface area contributed by atoms with E-state index in [1.54, 1.807) is 31.2 Å². The summed E-state index contributed by atoms with van der Waals surface area (Å²) >= 11 is 0. The van der Waals surface area contributed by atoms with Crippen molar-refractivity contribution in [2.24, 2.45) is 16.5 Å². The quantitative estimate of drug-likeness (QED) is 0.133. The van der Waals surface area contributed by atoms with E-state index in [-0.39, 0.29) is 31.0 Å². The van der Waals surface area contributed by atoms with E-state index in [0.717, 1.165) is 11.1 Å². The molecule has 224 valence electrons. The third kappa shape index (κ3) is 11.1. The fraction of sp³-hybridized carbons (Fsp3) is 0.226. The number of rotatable bonds is 13. The first-order valence-electron chi connectivity index (χ1n) is 13.3. The zero-order chi connectivity index (χ0) is 31.2. The van der Waals surface area contributed by atoms with Crippen molar-refractivity contribution >= 4 is 35.6 Å². The van der Waals surface area contributed by atoms with E-state index in [0.29, 0.717) is 5.56 Å². The highest BCUT2D eigenvalue weighted by Gasteiger charge is 2.24. The van der Waals surface area contributed by atoms with Crippen LogP contribution in [0.15, 0.2) is 89.9 Å². The Balaban J connectivity index is 1.45. The smallest absolute Gasteiger partial charge is 0.435 e. The Labute approximate surface area is 248 Å². The van der Waals surface area contributed by atoms with E-state index in [1.807, 2.05) is 36.4 Å². The average molecular weight is 588 g/mol. The van der Waals surface area contributed by atoms with E-state index in [1.165, 1.54) is 24.3 Å². The summed E-state index contributed by atoms with van der Waals surface area (Å²) in [4.78, 5) is 64.8. The van der Waals surface area contributed by atoms with E-state index in [4.69, 9.17) is 20.9 Å². The molecule has 0 saturated heterocycles. The molecule has 0 aliphatic rings. The van der Waals surface area contributed by atoms with Crippen LogP contribution in [0.1, 0.15) is 46.8 Å². The number of hydrogen-bond acceptors (Lipinski definition) is 7. The number of hydrogen-bond donors (Lipinski definition) is 4. The highest BCUT2D eigenvalue weighted by molar-refractivity contribution is 6.03. The first-order chi connectivity index (χ1) is 20.6. The molecule has 43 heavy (non-hydrogen) atoms. The Kier molecular flexibility index (Phi) is 11.9. The van der Waals surface area contributed by atoms with Crippen LogP contribution in [-0.2, 0) is 37.1 Å². The molecule has 6 N–H and O–H groups in total. The zero-order valence-electron chi connectivity index (χ0n) is 23.5. The number of carbonyl (C=O) groups is 5. The van der Waals surface area contributed by atoms with Gasteiger partial charge in [-0.3, -0.25) is 19.2 Å². The summed E-state index contributed by atoms with van der Waals surface area (Å²) in [6, 6.07) is 22.2. The minimum Gasteiger partial charge on any atom is -0.461 e. The number of nitrogens with zero attached hydrogens (tertiary/aromatic N) is 1. The molecule has 0 bridgehead atoms. The molecule has 0 fully saturated rings. The lowest BCUT2D eigenvalue weighted by Crippen LogP contribution is -2.47. The van der Waals surface area contributed by atoms with Gasteiger partial charge in [0.1, 0.15) is 25.1 Å². The molecule has 0 spiro atoms. The molecule has 0 radical (unpaired) electrons. The Bertz CT molecular complexity index is 1440. The lowest BCUT2D eigenvalue weighted by Gasteiger charge is -2.18. The molecule has 12 heteroatoms. The number of benzene rings is 3. The Morgan fingerprint density at radius 1 is 0.721 bits per heavy atom. The number of esters is 1. The molecule has 0 unspecified atom stereocenters. The second-order valence-electron chi connectivity index (χ2n) is 9.57. The van der Waals surface area contributed by atoms with Crippen LogP contribution < -0.4 is 22.1 Å². The van der Waals surface area contributed by atoms with Crippen LogP contribution in [0.2, 0.25) is 0 Å². The van der Waals surface area contributed by atoms with Crippen molar-refractivity contribution in [3.63, 3.8) is 0 Å². The highest BCUT2D eigenvalue weighted by Crippen LogP contribution is 2.08. The summed E-state index contributed by atoms with van der Waals surface area (Å²) in [6.07, 6.45) is -1.46. The number of nitrogens with two attached hydrogens (primary N) is 2. The normalized spacial score (nSPS) is 12.3. The Hall–Kier alpha value is -5.52. The summed E-state index contributed by atoms with van der Waals surface area (Å²) in [5, 5.41) is 5.09. The van der Waals surface area contributed by atoms with Crippen LogP contribution in [0.4, 0.5) is 4.79 Å². The van der Waals surface area contributed by atoms with Crippen LogP contribution in [0.3, 0.4) is 0 Å². The molecule has 0 aliphatic carbocycles. The van der Waals surface area contributed by atoms with E-state index >= 15 is 0 Å². The van der Waals surface area contributed by atoms with E-state index < -0.39 is 48.3 Å². The van der Waals surface area contributed by atoms with E-state index in [9.17, 15) is 24.0 Å². The predicted octanol–water partition coefficient (Wildman–Crippen LogP) is 2.34. The molecule has 0 aromatic heterocycles. The molecule has 3 aromatic rings. The maximum Gasteiger partial charge on any atom is 0.435 e. The summed E-state index contributed by atoms with van der Waals surface area (Å²) < 4.78 is 10.2. The van der Waals surface area contributed by atoms with Crippen molar-refractivity contribution in [2.45, 2.75) is 45.1 Å². The topological polar surface area (TPSA) is 192 Å². The summed E-state index contributed by atoms with van der Waals surface area (Å²) in [5.74, 6) is -2.74. The largest absolute Gasteiger partial charge is 0.461 e. The van der Waals surface area contributed by atoms with Gasteiger partial charge in [-0.15, -0.1) is 0 Å². The molecular weight excluding hydrogens is 554 g/mol. The van der Waals surface area contributed by atoms with Gasteiger partial charge in [0, 0.05) is 23.6 Å². The van der Waals surface area contributed by atoms with Crippen molar-refractivity contribution in [3.8, 4) is 0 Å². The number of nitrogens with one attached hydrogen (secondary N) is 2. The number of amides is 4. The van der Waals surface area contributed by atoms with Crippen LogP contribution in [0, 0.1) is 0 Å². The lowest BCUT2D eigenvalue weighted by molar-refractivity contribution is -0.147. The number of primary amides is 1. The van der Waals surface area contributed by atoms with Gasteiger partial charge in [0.05, 0.1) is 6.42 Å². The fourth-order valence-corrected chi connectivity index (χ4v) is 3.78. The maximum atomic E-state index is 12.7. The van der Waals surface area contributed by atoms with E-state index in [2.05, 4.69) is 15.6 Å². The van der Waals surface area contributed by atoms with Gasteiger partial charge in [0.15, 0.2) is 0 Å². The molecule has 12 nitrogen and oxygen atoms in total. The first-order valence-corrected chi connectivity index (χ1v) is 13.3. The maximum absolute atomic E-state index is 12.7. The summed E-state index contributed by atoms with van der Waals surface area (Å²) in [7, 11) is 0. The summed E-state index contributed by atoms with van der Waals surface area (Å²) in [6.45, 7) is 1.67. The number of amidine groups is 1. The number of aliphatic imine (C=N–C) groups is 1. The molecule has 4 amide bonds. The van der Waals surface area contributed by atoms with Gasteiger partial charge >= 0.3 is 12.1 Å². The molecular formula is C31H33N5O7. The van der Waals surface area contributed by atoms with Gasteiger partial charge < -0.3 is 31.6 Å². The predicted molar refractivity (Wildman–Crippen MR) is 157 cm³/mol. The van der Waals surface area contributed by atoms with Crippen molar-refractivity contribution in [1.82, 2.24) is 10.6 Å². The van der Waals surface area contributed by atoms with Gasteiger partial charge in [-0.25, -0.2) is 4.79 Å². The van der Waals surface area contributed by atoms with Gasteiger partial charge in [-0.05, 0) is 30.2 Å². The minimum atomic E-state index is -1.27. The summed E-state index contributed by atoms with van der Waals surface area (Å²) in [5.41, 5.74) is 13.5. The minimum absolute atomic E-state index is 0.0177. The monoisotopic (exact) mass is 587 g/mol. The number of carbonyl (C=O) groups excluding carboxylic acids is 5. The molecule has 2 atom stereocenters. The highest BCUT2D eigenvalue weighted by atomic mass is 16.5. The molecule has 0 aliphatic heterocycles. The lowest BCUT2D eigenvalue weighted by atomic mass is 10.1. The van der Waals surface area contributed by atoms with Crippen molar-refractivity contribution in [3.05, 3.63) is 107 Å². The van der Waals surface area contributed by atoms with Crippen LogP contribution in [0.25, 0.3) is 0 Å². The molecule has 0 saturated carbocycles. The second-order valence-corrected chi connectivity index (χ2v) is 9.57. The van der Waals surface area contributed by atoms with Gasteiger partial charge in [-0.2, -0.15) is 4.99 Å². The van der Waals surface area contributed by atoms with Crippen molar-refractivity contribution in [2.75, 3.05) is 0 Å². The molecule has 3 rings (SSSR count). The third-order valence-electron chi connectivity index (χ3n) is 6.02. The Morgan fingerprint density at radius 2 is 1.26 bits per heavy atom. The number of ether oxygens (including phenoxy) is 2.